The van der Waals surface area contributed by atoms with Crippen molar-refractivity contribution >= 4 is 22.6 Å². The molecule has 0 unspecified atom stereocenters. The monoisotopic (exact) mass is 602 g/mol. The van der Waals surface area contributed by atoms with E-state index in [4.69, 9.17) is 0 Å². The van der Waals surface area contributed by atoms with E-state index >= 15 is 0 Å². The Morgan fingerprint density at radius 3 is 2.22 bits per heavy atom. The van der Waals surface area contributed by atoms with Gasteiger partial charge in [-0.1, -0.05) is 57.3 Å². The van der Waals surface area contributed by atoms with Crippen LogP contribution in [0.5, 0.6) is 0 Å². The number of benzene rings is 1. The van der Waals surface area contributed by atoms with Crippen molar-refractivity contribution < 1.29 is 36.2 Å². The standard InChI is InChI=1S/C20H28N2O2S.C10H8F6/c1-7-17-10-16(8-9-18(17)21-6)11-19(25-15(3)24)14(2)22-12-20(4,5)13-23;1-2-6-3-4-7(9(11,12)13)5-8(6)10(14,15)16/h7-11,22-23H,2,12-13H2,1,3-6H3;3-5H,2H2,1H3/b17-7-,19-11-,21-18?;. The van der Waals surface area contributed by atoms with Gasteiger partial charge in [0.15, 0.2) is 5.12 Å². The van der Waals surface area contributed by atoms with E-state index < -0.39 is 23.5 Å². The lowest BCUT2D eigenvalue weighted by Crippen LogP contribution is -2.31. The summed E-state index contributed by atoms with van der Waals surface area (Å²) < 4.78 is 74.0. The summed E-state index contributed by atoms with van der Waals surface area (Å²) in [7, 11) is 1.77. The third kappa shape index (κ3) is 11.8. The van der Waals surface area contributed by atoms with Gasteiger partial charge in [0.2, 0.25) is 0 Å². The molecule has 2 N–H and O–H groups in total. The minimum absolute atomic E-state index is 0.00178. The van der Waals surface area contributed by atoms with E-state index in [1.807, 2.05) is 51.2 Å². The number of aliphatic hydroxyl groups is 1. The Kier molecular flexibility index (Phi) is 13.4. The Morgan fingerprint density at radius 1 is 1.12 bits per heavy atom. The summed E-state index contributed by atoms with van der Waals surface area (Å²) in [6, 6.07) is 1.68. The number of halogens is 6. The number of aliphatic imine (C=N–C) groups is 1. The van der Waals surface area contributed by atoms with Crippen LogP contribution in [-0.2, 0) is 23.6 Å². The summed E-state index contributed by atoms with van der Waals surface area (Å²) in [6.07, 6.45) is 0.442. The third-order valence-electron chi connectivity index (χ3n) is 5.78. The number of aryl methyl sites for hydroxylation is 1. The van der Waals surface area contributed by atoms with Gasteiger partial charge in [0.05, 0.1) is 16.8 Å². The highest BCUT2D eigenvalue weighted by atomic mass is 32.2. The first kappa shape index (κ1) is 36.0. The number of aliphatic hydroxyl groups excluding tert-OH is 1. The normalized spacial score (nSPS) is 16.3. The van der Waals surface area contributed by atoms with E-state index in [0.29, 0.717) is 18.3 Å². The van der Waals surface area contributed by atoms with Gasteiger partial charge in [-0.05, 0) is 60.4 Å². The molecule has 0 fully saturated rings. The lowest BCUT2D eigenvalue weighted by atomic mass is 9.95. The van der Waals surface area contributed by atoms with Crippen LogP contribution in [0.15, 0.2) is 81.9 Å². The van der Waals surface area contributed by atoms with Crippen LogP contribution in [0.4, 0.5) is 26.3 Å². The molecular formula is C30H36F6N2O2S. The number of alkyl halides is 6. The van der Waals surface area contributed by atoms with Crippen LogP contribution in [0.3, 0.4) is 0 Å². The van der Waals surface area contributed by atoms with Crippen molar-refractivity contribution in [2.75, 3.05) is 20.2 Å². The number of hydrogen-bond donors (Lipinski definition) is 2. The SMILES string of the molecule is C=C(NCC(C)(C)CO)/C(=C/C1=CC(=C/C)/C(=NC)C=C1)SC(C)=O.CCc1ccc(C(F)(F)F)cc1C(F)(F)F. The molecule has 0 saturated carbocycles. The number of thioether (sulfide) groups is 1. The molecule has 0 aliphatic heterocycles. The summed E-state index contributed by atoms with van der Waals surface area (Å²) in [5.74, 6) is 0. The first-order valence-electron chi connectivity index (χ1n) is 12.6. The first-order valence-corrected chi connectivity index (χ1v) is 13.4. The van der Waals surface area contributed by atoms with E-state index in [0.717, 1.165) is 39.6 Å². The molecule has 1 aromatic rings. The van der Waals surface area contributed by atoms with Crippen LogP contribution < -0.4 is 5.32 Å². The van der Waals surface area contributed by atoms with E-state index in [1.54, 1.807) is 7.05 Å². The van der Waals surface area contributed by atoms with Crippen molar-refractivity contribution in [3.05, 3.63) is 93.6 Å². The Hall–Kier alpha value is -3.05. The van der Waals surface area contributed by atoms with Crippen LogP contribution >= 0.6 is 11.8 Å². The molecule has 1 aromatic carbocycles. The molecule has 226 valence electrons. The third-order valence-corrected chi connectivity index (χ3v) is 6.66. The zero-order chi connectivity index (χ0) is 31.6. The summed E-state index contributed by atoms with van der Waals surface area (Å²) in [5, 5.41) is 12.6. The maximum Gasteiger partial charge on any atom is 0.416 e. The lowest BCUT2D eigenvalue weighted by molar-refractivity contribution is -0.143. The molecule has 0 heterocycles. The average molecular weight is 603 g/mol. The minimum atomic E-state index is -4.76. The molecule has 1 aliphatic rings. The summed E-state index contributed by atoms with van der Waals surface area (Å²) >= 11 is 1.15. The van der Waals surface area contributed by atoms with Gasteiger partial charge in [0, 0.05) is 43.1 Å². The number of hydrogen-bond acceptors (Lipinski definition) is 5. The van der Waals surface area contributed by atoms with Crippen molar-refractivity contribution in [2.45, 2.75) is 53.4 Å². The molecule has 4 nitrogen and oxygen atoms in total. The Morgan fingerprint density at radius 2 is 1.76 bits per heavy atom. The molecule has 41 heavy (non-hydrogen) atoms. The van der Waals surface area contributed by atoms with E-state index in [-0.39, 0.29) is 35.2 Å². The van der Waals surface area contributed by atoms with Gasteiger partial charge >= 0.3 is 12.4 Å². The second-order valence-corrected chi connectivity index (χ2v) is 11.0. The van der Waals surface area contributed by atoms with Crippen molar-refractivity contribution in [3.8, 4) is 0 Å². The summed E-state index contributed by atoms with van der Waals surface area (Å²) in [6.45, 7) is 13.6. The van der Waals surface area contributed by atoms with Gasteiger partial charge < -0.3 is 10.4 Å². The van der Waals surface area contributed by atoms with Gasteiger partial charge in [-0.3, -0.25) is 9.79 Å². The number of carbonyl (C=O) groups is 1. The number of nitrogens with zero attached hydrogens (tertiary/aromatic N) is 1. The zero-order valence-corrected chi connectivity index (χ0v) is 24.7. The average Bonchev–Trinajstić information content (AvgIpc) is 2.90. The van der Waals surface area contributed by atoms with Crippen molar-refractivity contribution in [1.29, 1.82) is 0 Å². The minimum Gasteiger partial charge on any atom is -0.396 e. The van der Waals surface area contributed by atoms with Gasteiger partial charge in [-0.15, -0.1) is 0 Å². The van der Waals surface area contributed by atoms with E-state index in [9.17, 15) is 36.2 Å². The Balaban J connectivity index is 0.000000452. The zero-order valence-electron chi connectivity index (χ0n) is 23.9. The maximum atomic E-state index is 12.4. The predicted molar refractivity (Wildman–Crippen MR) is 155 cm³/mol. The number of rotatable bonds is 8. The van der Waals surface area contributed by atoms with Crippen LogP contribution in [-0.4, -0.2) is 36.1 Å². The molecule has 0 aromatic heterocycles. The molecule has 0 atom stereocenters. The highest BCUT2D eigenvalue weighted by Gasteiger charge is 2.37. The quantitative estimate of drug-likeness (QED) is 0.233. The largest absolute Gasteiger partial charge is 0.416 e. The van der Waals surface area contributed by atoms with Crippen LogP contribution in [0.25, 0.3) is 0 Å². The molecule has 11 heteroatoms. The molecule has 0 radical (unpaired) electrons. The molecule has 0 spiro atoms. The second-order valence-electron chi connectivity index (χ2n) is 9.81. The fraction of sp³-hybridized carbons (Fsp3) is 0.400. The van der Waals surface area contributed by atoms with Crippen LogP contribution in [0.1, 0.15) is 51.3 Å². The molecule has 2 rings (SSSR count). The van der Waals surface area contributed by atoms with Gasteiger partial charge in [-0.2, -0.15) is 26.3 Å². The maximum absolute atomic E-state index is 12.4. The van der Waals surface area contributed by atoms with Crippen molar-refractivity contribution in [1.82, 2.24) is 5.32 Å². The fourth-order valence-corrected chi connectivity index (χ4v) is 4.10. The van der Waals surface area contributed by atoms with Gasteiger partial charge in [-0.25, -0.2) is 0 Å². The highest BCUT2D eigenvalue weighted by Crippen LogP contribution is 2.37. The van der Waals surface area contributed by atoms with Crippen molar-refractivity contribution in [3.63, 3.8) is 0 Å². The molecule has 0 amide bonds. The molecule has 0 saturated heterocycles. The summed E-state index contributed by atoms with van der Waals surface area (Å²) in [5.41, 5.74) is 0.735. The van der Waals surface area contributed by atoms with Gasteiger partial charge in [0.1, 0.15) is 0 Å². The second kappa shape index (κ2) is 15.3. The predicted octanol–water partition coefficient (Wildman–Crippen LogP) is 8.07. The Labute approximate surface area is 241 Å². The Bertz CT molecular complexity index is 1250. The number of carbonyl (C=O) groups excluding carboxylic acids is 1. The van der Waals surface area contributed by atoms with Crippen molar-refractivity contribution in [2.24, 2.45) is 10.4 Å². The smallest absolute Gasteiger partial charge is 0.396 e. The lowest BCUT2D eigenvalue weighted by Gasteiger charge is -2.24. The fourth-order valence-electron chi connectivity index (χ4n) is 3.40. The van der Waals surface area contributed by atoms with E-state index in [2.05, 4.69) is 16.9 Å². The summed E-state index contributed by atoms with van der Waals surface area (Å²) in [4.78, 5) is 16.6. The molecule has 1 aliphatic carbocycles. The molecule has 0 bridgehead atoms. The first-order chi connectivity index (χ1) is 18.9. The number of nitrogens with one attached hydrogen (secondary N) is 1. The number of allylic oxidation sites excluding steroid dienone is 7. The van der Waals surface area contributed by atoms with E-state index in [1.165, 1.54) is 13.8 Å². The molecular weight excluding hydrogens is 566 g/mol. The van der Waals surface area contributed by atoms with Crippen LogP contribution in [0.2, 0.25) is 0 Å². The highest BCUT2D eigenvalue weighted by molar-refractivity contribution is 8.17. The van der Waals surface area contributed by atoms with Gasteiger partial charge in [0.25, 0.3) is 0 Å². The topological polar surface area (TPSA) is 61.7 Å². The van der Waals surface area contributed by atoms with Crippen LogP contribution in [0, 0.1) is 5.41 Å².